The van der Waals surface area contributed by atoms with Crippen LogP contribution in [-0.4, -0.2) is 17.0 Å². The third-order valence-electron chi connectivity index (χ3n) is 2.25. The molecule has 1 aromatic heterocycles. The summed E-state index contributed by atoms with van der Waals surface area (Å²) in [6.07, 6.45) is 0. The molecule has 2 aromatic rings. The highest BCUT2D eigenvalue weighted by Gasteiger charge is 2.03. The molecule has 94 valence electrons. The monoisotopic (exact) mass is 264 g/mol. The second-order valence-electron chi connectivity index (χ2n) is 3.62. The average molecular weight is 265 g/mol. The van der Waals surface area contributed by atoms with E-state index in [1.165, 1.54) is 0 Å². The fraction of sp³-hybridized carbons (Fsp3) is 0.167. The topological polar surface area (TPSA) is 73.1 Å². The van der Waals surface area contributed by atoms with Gasteiger partial charge in [-0.2, -0.15) is 9.97 Å². The normalized spacial score (nSPS) is 10.1. The van der Waals surface area contributed by atoms with E-state index in [9.17, 15) is 0 Å². The molecule has 1 aromatic carbocycles. The molecule has 0 saturated heterocycles. The first-order valence-corrected chi connectivity index (χ1v) is 5.75. The molecular formula is C12H13ClN4O. The van der Waals surface area contributed by atoms with Crippen molar-refractivity contribution in [3.05, 3.63) is 40.9 Å². The minimum atomic E-state index is 0.169. The Morgan fingerprint density at radius 3 is 2.89 bits per heavy atom. The predicted molar refractivity (Wildman–Crippen MR) is 71.8 cm³/mol. The molecule has 2 rings (SSSR count). The van der Waals surface area contributed by atoms with Gasteiger partial charge in [-0.25, -0.2) is 0 Å². The summed E-state index contributed by atoms with van der Waals surface area (Å²) in [5.74, 6) is 1.21. The van der Waals surface area contributed by atoms with Crippen molar-refractivity contribution < 1.29 is 4.74 Å². The van der Waals surface area contributed by atoms with Crippen LogP contribution in [0.5, 0.6) is 5.88 Å². The first-order chi connectivity index (χ1) is 8.67. The van der Waals surface area contributed by atoms with Crippen LogP contribution in [0.25, 0.3) is 0 Å². The molecule has 0 unspecified atom stereocenters. The molecule has 6 heteroatoms. The lowest BCUT2D eigenvalue weighted by Crippen LogP contribution is -2.03. The standard InChI is InChI=1S/C12H13ClN4O/c1-15-10-6-11(17-12(14)16-10)18-7-8-3-2-4-9(13)5-8/h2-6H,7H2,1H3,(H3,14,15,16,17). The van der Waals surface area contributed by atoms with Gasteiger partial charge >= 0.3 is 0 Å². The molecule has 1 heterocycles. The zero-order valence-corrected chi connectivity index (χ0v) is 10.6. The van der Waals surface area contributed by atoms with Crippen molar-refractivity contribution in [3.8, 4) is 5.88 Å². The molecule has 0 aliphatic carbocycles. The van der Waals surface area contributed by atoms with E-state index in [0.29, 0.717) is 23.3 Å². The van der Waals surface area contributed by atoms with Crippen LogP contribution in [0.3, 0.4) is 0 Å². The van der Waals surface area contributed by atoms with Crippen molar-refractivity contribution in [2.75, 3.05) is 18.1 Å². The highest BCUT2D eigenvalue weighted by atomic mass is 35.5. The smallest absolute Gasteiger partial charge is 0.225 e. The lowest BCUT2D eigenvalue weighted by atomic mass is 10.2. The Labute approximate surface area is 110 Å². The molecule has 0 saturated carbocycles. The van der Waals surface area contributed by atoms with Crippen molar-refractivity contribution in [3.63, 3.8) is 0 Å². The van der Waals surface area contributed by atoms with Crippen LogP contribution in [0, 0.1) is 0 Å². The van der Waals surface area contributed by atoms with Gasteiger partial charge in [0, 0.05) is 18.1 Å². The van der Waals surface area contributed by atoms with E-state index in [-0.39, 0.29) is 5.95 Å². The number of halogens is 1. The zero-order valence-electron chi connectivity index (χ0n) is 9.85. The molecule has 0 aliphatic heterocycles. The van der Waals surface area contributed by atoms with E-state index in [1.807, 2.05) is 24.3 Å². The van der Waals surface area contributed by atoms with Gasteiger partial charge in [0.25, 0.3) is 0 Å². The van der Waals surface area contributed by atoms with Gasteiger partial charge in [-0.05, 0) is 17.7 Å². The number of hydrogen-bond acceptors (Lipinski definition) is 5. The minimum absolute atomic E-state index is 0.169. The summed E-state index contributed by atoms with van der Waals surface area (Å²) in [6, 6.07) is 9.13. The highest BCUT2D eigenvalue weighted by molar-refractivity contribution is 6.30. The Bertz CT molecular complexity index is 547. The predicted octanol–water partition coefficient (Wildman–Crippen LogP) is 2.33. The molecule has 18 heavy (non-hydrogen) atoms. The molecule has 0 fully saturated rings. The number of nitrogen functional groups attached to an aromatic ring is 1. The molecule has 0 bridgehead atoms. The summed E-state index contributed by atoms with van der Waals surface area (Å²) < 4.78 is 5.54. The van der Waals surface area contributed by atoms with Crippen molar-refractivity contribution >= 4 is 23.4 Å². The van der Waals surface area contributed by atoms with Crippen molar-refractivity contribution in [2.24, 2.45) is 0 Å². The Hall–Kier alpha value is -2.01. The van der Waals surface area contributed by atoms with Gasteiger partial charge in [0.2, 0.25) is 11.8 Å². The van der Waals surface area contributed by atoms with Crippen molar-refractivity contribution in [1.82, 2.24) is 9.97 Å². The highest BCUT2D eigenvalue weighted by Crippen LogP contribution is 2.17. The lowest BCUT2D eigenvalue weighted by molar-refractivity contribution is 0.294. The Kier molecular flexibility index (Phi) is 3.84. The Balaban J connectivity index is 2.08. The van der Waals surface area contributed by atoms with E-state index in [4.69, 9.17) is 22.1 Å². The summed E-state index contributed by atoms with van der Waals surface area (Å²) in [5, 5.41) is 3.56. The first-order valence-electron chi connectivity index (χ1n) is 5.37. The van der Waals surface area contributed by atoms with Crippen molar-refractivity contribution in [2.45, 2.75) is 6.61 Å². The maximum absolute atomic E-state index is 5.89. The number of rotatable bonds is 4. The summed E-state index contributed by atoms with van der Waals surface area (Å²) >= 11 is 5.89. The zero-order chi connectivity index (χ0) is 13.0. The van der Waals surface area contributed by atoms with Gasteiger partial charge in [0.05, 0.1) is 0 Å². The van der Waals surface area contributed by atoms with E-state index in [0.717, 1.165) is 5.56 Å². The Morgan fingerprint density at radius 1 is 1.33 bits per heavy atom. The first kappa shape index (κ1) is 12.4. The molecule has 0 aliphatic rings. The number of aromatic nitrogens is 2. The van der Waals surface area contributed by atoms with Crippen LogP contribution in [0.4, 0.5) is 11.8 Å². The summed E-state index contributed by atoms with van der Waals surface area (Å²) in [4.78, 5) is 7.97. The van der Waals surface area contributed by atoms with E-state index < -0.39 is 0 Å². The van der Waals surface area contributed by atoms with Crippen LogP contribution >= 0.6 is 11.6 Å². The minimum Gasteiger partial charge on any atom is -0.473 e. The number of benzene rings is 1. The number of nitrogens with two attached hydrogens (primary N) is 1. The van der Waals surface area contributed by atoms with E-state index >= 15 is 0 Å². The van der Waals surface area contributed by atoms with Crippen LogP contribution in [0.2, 0.25) is 5.02 Å². The summed E-state index contributed by atoms with van der Waals surface area (Å²) in [6.45, 7) is 0.375. The molecule has 0 spiro atoms. The lowest BCUT2D eigenvalue weighted by Gasteiger charge is -2.07. The molecule has 0 amide bonds. The largest absolute Gasteiger partial charge is 0.473 e. The number of nitrogens with one attached hydrogen (secondary N) is 1. The number of anilines is 2. The number of nitrogens with zero attached hydrogens (tertiary/aromatic N) is 2. The number of hydrogen-bond donors (Lipinski definition) is 2. The molecular weight excluding hydrogens is 252 g/mol. The Morgan fingerprint density at radius 2 is 2.17 bits per heavy atom. The van der Waals surface area contributed by atoms with E-state index in [2.05, 4.69) is 15.3 Å². The van der Waals surface area contributed by atoms with Gasteiger partial charge in [0.1, 0.15) is 12.4 Å². The van der Waals surface area contributed by atoms with Crippen LogP contribution in [0.15, 0.2) is 30.3 Å². The van der Waals surface area contributed by atoms with Crippen LogP contribution in [0.1, 0.15) is 5.56 Å². The maximum Gasteiger partial charge on any atom is 0.225 e. The van der Waals surface area contributed by atoms with Crippen LogP contribution < -0.4 is 15.8 Å². The van der Waals surface area contributed by atoms with Gasteiger partial charge in [-0.1, -0.05) is 23.7 Å². The summed E-state index contributed by atoms with van der Waals surface area (Å²) in [7, 11) is 1.75. The third kappa shape index (κ3) is 3.24. The van der Waals surface area contributed by atoms with Gasteiger partial charge < -0.3 is 15.8 Å². The number of ether oxygens (including phenoxy) is 1. The summed E-state index contributed by atoms with van der Waals surface area (Å²) in [5.41, 5.74) is 6.53. The molecule has 3 N–H and O–H groups in total. The van der Waals surface area contributed by atoms with E-state index in [1.54, 1.807) is 13.1 Å². The van der Waals surface area contributed by atoms with Gasteiger partial charge in [0.15, 0.2) is 0 Å². The van der Waals surface area contributed by atoms with Gasteiger partial charge in [-0.15, -0.1) is 0 Å². The fourth-order valence-corrected chi connectivity index (χ4v) is 1.64. The molecule has 0 atom stereocenters. The second kappa shape index (κ2) is 5.55. The SMILES string of the molecule is CNc1cc(OCc2cccc(Cl)c2)nc(N)n1. The maximum atomic E-state index is 5.89. The second-order valence-corrected chi connectivity index (χ2v) is 4.05. The quantitative estimate of drug-likeness (QED) is 0.887. The average Bonchev–Trinajstić information content (AvgIpc) is 2.36. The third-order valence-corrected chi connectivity index (χ3v) is 2.49. The molecule has 5 nitrogen and oxygen atoms in total. The van der Waals surface area contributed by atoms with Crippen molar-refractivity contribution in [1.29, 1.82) is 0 Å². The molecule has 0 radical (unpaired) electrons. The van der Waals surface area contributed by atoms with Crippen LogP contribution in [-0.2, 0) is 6.61 Å². The fourth-order valence-electron chi connectivity index (χ4n) is 1.43. The van der Waals surface area contributed by atoms with Gasteiger partial charge in [-0.3, -0.25) is 0 Å².